The van der Waals surface area contributed by atoms with Crippen molar-refractivity contribution in [1.29, 1.82) is 0 Å². The van der Waals surface area contributed by atoms with Gasteiger partial charge < -0.3 is 20.8 Å². The van der Waals surface area contributed by atoms with E-state index < -0.39 is 17.2 Å². The van der Waals surface area contributed by atoms with Crippen molar-refractivity contribution in [1.82, 2.24) is 10.6 Å². The summed E-state index contributed by atoms with van der Waals surface area (Å²) in [5.41, 5.74) is -1.71. The van der Waals surface area contributed by atoms with Gasteiger partial charge in [0, 0.05) is 6.54 Å². The Hall–Kier alpha value is -0.650. The maximum Gasteiger partial charge on any atom is 0.237 e. The molecule has 1 heterocycles. The Balaban J connectivity index is 2.58. The van der Waals surface area contributed by atoms with Crippen LogP contribution in [-0.4, -0.2) is 46.0 Å². The highest BCUT2D eigenvalue weighted by molar-refractivity contribution is 5.83. The molecule has 0 aromatic rings. The van der Waals surface area contributed by atoms with E-state index >= 15 is 0 Å². The van der Waals surface area contributed by atoms with Gasteiger partial charge in [0.05, 0.1) is 23.3 Å². The van der Waals surface area contributed by atoms with Crippen LogP contribution in [0.25, 0.3) is 0 Å². The first-order chi connectivity index (χ1) is 7.13. The van der Waals surface area contributed by atoms with Gasteiger partial charge in [0.25, 0.3) is 0 Å². The highest BCUT2D eigenvalue weighted by Gasteiger charge is 2.39. The zero-order chi connectivity index (χ0) is 12.6. The molecule has 5 nitrogen and oxygen atoms in total. The summed E-state index contributed by atoms with van der Waals surface area (Å²) in [7, 11) is 0. The smallest absolute Gasteiger partial charge is 0.237 e. The predicted octanol–water partition coefficient (Wildman–Crippen LogP) is -0.625. The van der Waals surface area contributed by atoms with Crippen molar-refractivity contribution in [2.45, 2.75) is 57.4 Å². The topological polar surface area (TPSA) is 81.6 Å². The molecule has 1 rings (SSSR count). The van der Waals surface area contributed by atoms with Crippen molar-refractivity contribution >= 4 is 5.91 Å². The molecule has 5 heteroatoms. The number of aliphatic hydroxyl groups excluding tert-OH is 1. The van der Waals surface area contributed by atoms with Gasteiger partial charge in [-0.25, -0.2) is 0 Å². The van der Waals surface area contributed by atoms with Crippen molar-refractivity contribution in [3.8, 4) is 0 Å². The number of carbonyl (C=O) groups is 1. The number of carbonyl (C=O) groups excluding carboxylic acids is 1. The molecule has 0 aromatic heterocycles. The molecular weight excluding hydrogens is 208 g/mol. The van der Waals surface area contributed by atoms with E-state index in [1.807, 2.05) is 0 Å². The largest absolute Gasteiger partial charge is 0.392 e. The normalized spacial score (nSPS) is 26.9. The molecule has 0 aromatic carbocycles. The quantitative estimate of drug-likeness (QED) is 0.520. The highest BCUT2D eigenvalue weighted by Crippen LogP contribution is 2.21. The van der Waals surface area contributed by atoms with Gasteiger partial charge in [-0.05, 0) is 34.1 Å². The maximum atomic E-state index is 11.9. The van der Waals surface area contributed by atoms with Crippen LogP contribution >= 0.6 is 0 Å². The van der Waals surface area contributed by atoms with E-state index in [2.05, 4.69) is 10.6 Å². The molecule has 1 fully saturated rings. The molecule has 1 aliphatic heterocycles. The lowest BCUT2D eigenvalue weighted by Gasteiger charge is -2.38. The van der Waals surface area contributed by atoms with Crippen molar-refractivity contribution in [3.63, 3.8) is 0 Å². The minimum atomic E-state index is -1.00. The van der Waals surface area contributed by atoms with Gasteiger partial charge >= 0.3 is 0 Å². The Morgan fingerprint density at radius 3 is 2.31 bits per heavy atom. The molecule has 0 saturated carbocycles. The van der Waals surface area contributed by atoms with Crippen LogP contribution < -0.4 is 10.6 Å². The summed E-state index contributed by atoms with van der Waals surface area (Å²) in [6.07, 6.45) is -0.0330. The summed E-state index contributed by atoms with van der Waals surface area (Å²) < 4.78 is 0. The molecule has 4 N–H and O–H groups in total. The van der Waals surface area contributed by atoms with Gasteiger partial charge in [0.15, 0.2) is 0 Å². The fourth-order valence-electron chi connectivity index (χ4n) is 1.46. The van der Waals surface area contributed by atoms with E-state index in [1.165, 1.54) is 0 Å². The predicted molar refractivity (Wildman–Crippen MR) is 60.9 cm³/mol. The SMILES string of the molecule is CC(C)(O)C(C)(C)NC(=O)C1CC(O)CN1. The van der Waals surface area contributed by atoms with E-state index in [9.17, 15) is 15.0 Å². The number of β-amino-alcohol motifs (C(OH)–C–C–N with tert-alkyl or cyclic N) is 1. The van der Waals surface area contributed by atoms with E-state index in [0.717, 1.165) is 0 Å². The Labute approximate surface area is 96.2 Å². The van der Waals surface area contributed by atoms with E-state index in [-0.39, 0.29) is 11.9 Å². The Kier molecular flexibility index (Phi) is 3.62. The average Bonchev–Trinajstić information content (AvgIpc) is 2.48. The van der Waals surface area contributed by atoms with Crippen LogP contribution in [0.5, 0.6) is 0 Å². The Bertz CT molecular complexity index is 271. The van der Waals surface area contributed by atoms with Crippen molar-refractivity contribution in [2.24, 2.45) is 0 Å². The molecule has 0 spiro atoms. The van der Waals surface area contributed by atoms with Crippen LogP contribution in [0.2, 0.25) is 0 Å². The van der Waals surface area contributed by atoms with E-state index in [0.29, 0.717) is 13.0 Å². The summed E-state index contributed by atoms with van der Waals surface area (Å²) in [6, 6.07) is -0.364. The first-order valence-electron chi connectivity index (χ1n) is 5.59. The fraction of sp³-hybridized carbons (Fsp3) is 0.909. The van der Waals surface area contributed by atoms with Gasteiger partial charge in [0.1, 0.15) is 0 Å². The van der Waals surface area contributed by atoms with Crippen molar-refractivity contribution < 1.29 is 15.0 Å². The minimum absolute atomic E-state index is 0.177. The maximum absolute atomic E-state index is 11.9. The van der Waals surface area contributed by atoms with Gasteiger partial charge in [-0.3, -0.25) is 4.79 Å². The third-order valence-electron chi connectivity index (χ3n) is 3.39. The van der Waals surface area contributed by atoms with Crippen LogP contribution in [0.4, 0.5) is 0 Å². The number of aliphatic hydroxyl groups is 2. The molecular formula is C11H22N2O3. The van der Waals surface area contributed by atoms with Crippen LogP contribution in [0.1, 0.15) is 34.1 Å². The molecule has 94 valence electrons. The monoisotopic (exact) mass is 230 g/mol. The Morgan fingerprint density at radius 2 is 1.94 bits per heavy atom. The molecule has 0 radical (unpaired) electrons. The second kappa shape index (κ2) is 4.31. The summed E-state index contributed by atoms with van der Waals surface area (Å²) in [5, 5.41) is 25.0. The average molecular weight is 230 g/mol. The standard InChI is InChI=1S/C11H22N2O3/c1-10(2,11(3,4)16)13-9(15)8-5-7(14)6-12-8/h7-8,12,14,16H,5-6H2,1-4H3,(H,13,15). The summed E-state index contributed by atoms with van der Waals surface area (Å²) >= 11 is 0. The third-order valence-corrected chi connectivity index (χ3v) is 3.39. The molecule has 2 atom stereocenters. The molecule has 1 aliphatic rings. The lowest BCUT2D eigenvalue weighted by molar-refractivity contribution is -0.128. The molecule has 1 amide bonds. The summed E-state index contributed by atoms with van der Waals surface area (Å²) in [4.78, 5) is 11.9. The van der Waals surface area contributed by atoms with E-state index in [1.54, 1.807) is 27.7 Å². The van der Waals surface area contributed by atoms with Crippen LogP contribution in [0.3, 0.4) is 0 Å². The molecule has 1 saturated heterocycles. The Morgan fingerprint density at radius 1 is 1.38 bits per heavy atom. The highest BCUT2D eigenvalue weighted by atomic mass is 16.3. The van der Waals surface area contributed by atoms with Crippen LogP contribution in [-0.2, 0) is 4.79 Å². The molecule has 2 unspecified atom stereocenters. The fourth-order valence-corrected chi connectivity index (χ4v) is 1.46. The van der Waals surface area contributed by atoms with Gasteiger partial charge in [-0.2, -0.15) is 0 Å². The zero-order valence-corrected chi connectivity index (χ0v) is 10.4. The molecule has 16 heavy (non-hydrogen) atoms. The molecule has 0 bridgehead atoms. The third kappa shape index (κ3) is 2.93. The lowest BCUT2D eigenvalue weighted by Crippen LogP contribution is -2.60. The first kappa shape index (κ1) is 13.4. The number of amides is 1. The summed E-state index contributed by atoms with van der Waals surface area (Å²) in [6.45, 7) is 7.31. The number of hydrogen-bond donors (Lipinski definition) is 4. The number of rotatable bonds is 3. The van der Waals surface area contributed by atoms with Gasteiger partial charge in [-0.15, -0.1) is 0 Å². The second-order valence-corrected chi connectivity index (χ2v) is 5.52. The van der Waals surface area contributed by atoms with E-state index in [4.69, 9.17) is 0 Å². The second-order valence-electron chi connectivity index (χ2n) is 5.52. The van der Waals surface area contributed by atoms with Crippen molar-refractivity contribution in [2.75, 3.05) is 6.54 Å². The van der Waals surface area contributed by atoms with Crippen LogP contribution in [0.15, 0.2) is 0 Å². The van der Waals surface area contributed by atoms with Crippen LogP contribution in [0, 0.1) is 0 Å². The number of nitrogens with one attached hydrogen (secondary N) is 2. The first-order valence-corrected chi connectivity index (χ1v) is 5.59. The summed E-state index contributed by atoms with van der Waals surface area (Å²) in [5.74, 6) is -0.177. The van der Waals surface area contributed by atoms with Gasteiger partial charge in [-0.1, -0.05) is 0 Å². The molecule has 0 aliphatic carbocycles. The van der Waals surface area contributed by atoms with Gasteiger partial charge in [0.2, 0.25) is 5.91 Å². The lowest BCUT2D eigenvalue weighted by atomic mass is 9.85. The van der Waals surface area contributed by atoms with Crippen molar-refractivity contribution in [3.05, 3.63) is 0 Å². The zero-order valence-electron chi connectivity index (χ0n) is 10.4. The number of hydrogen-bond acceptors (Lipinski definition) is 4. The minimum Gasteiger partial charge on any atom is -0.392 e.